The third-order valence-corrected chi connectivity index (χ3v) is 0.848. The molecule has 0 aliphatic rings. The fraction of sp³-hybridized carbons (Fsp3) is 0.750. The standard InChI is InChI=1S/C4H10N2O2/c1-2(7)3(5)4(6)8/h2-3,7H,5H2,1H3,(H2,6,8)/t2-,3-/m1/s1. The van der Waals surface area contributed by atoms with Gasteiger partial charge in [-0.05, 0) is 6.92 Å². The highest BCUT2D eigenvalue weighted by atomic mass is 16.3. The van der Waals surface area contributed by atoms with Gasteiger partial charge in [-0.2, -0.15) is 0 Å². The molecule has 8 heavy (non-hydrogen) atoms. The second-order valence-electron chi connectivity index (χ2n) is 1.67. The van der Waals surface area contributed by atoms with Crippen molar-refractivity contribution >= 4 is 5.91 Å². The maximum atomic E-state index is 10.1. The Morgan fingerprint density at radius 3 is 2.12 bits per heavy atom. The molecule has 0 saturated carbocycles. The van der Waals surface area contributed by atoms with E-state index in [9.17, 15) is 4.79 Å². The van der Waals surface area contributed by atoms with Crippen molar-refractivity contribution in [1.82, 2.24) is 0 Å². The number of hydrogen-bond acceptors (Lipinski definition) is 3. The number of nitrogens with two attached hydrogens (primary N) is 2. The fourth-order valence-corrected chi connectivity index (χ4v) is 0.238. The number of amides is 1. The summed E-state index contributed by atoms with van der Waals surface area (Å²) in [6, 6.07) is -0.935. The Kier molecular flexibility index (Phi) is 2.44. The summed E-state index contributed by atoms with van der Waals surface area (Å²) in [4.78, 5) is 10.1. The molecule has 5 N–H and O–H groups in total. The van der Waals surface area contributed by atoms with Crippen molar-refractivity contribution < 1.29 is 9.90 Å². The number of aliphatic hydroxyl groups excluding tert-OH is 1. The third kappa shape index (κ3) is 1.90. The highest BCUT2D eigenvalue weighted by molar-refractivity contribution is 5.80. The van der Waals surface area contributed by atoms with E-state index in [2.05, 4.69) is 0 Å². The Balaban J connectivity index is 3.64. The summed E-state index contributed by atoms with van der Waals surface area (Å²) in [7, 11) is 0. The van der Waals surface area contributed by atoms with Crippen molar-refractivity contribution in [1.29, 1.82) is 0 Å². The van der Waals surface area contributed by atoms with Gasteiger partial charge in [0.25, 0.3) is 0 Å². The molecule has 4 heteroatoms. The van der Waals surface area contributed by atoms with E-state index >= 15 is 0 Å². The van der Waals surface area contributed by atoms with Crippen molar-refractivity contribution in [2.75, 3.05) is 0 Å². The summed E-state index contributed by atoms with van der Waals surface area (Å²) in [5.74, 6) is -0.681. The molecule has 0 radical (unpaired) electrons. The molecule has 0 aromatic rings. The first-order valence-electron chi connectivity index (χ1n) is 2.28. The first-order valence-corrected chi connectivity index (χ1v) is 2.28. The number of hydrogen-bond donors (Lipinski definition) is 3. The number of aliphatic hydroxyl groups is 1. The number of rotatable bonds is 2. The molecule has 0 heterocycles. The van der Waals surface area contributed by atoms with Crippen LogP contribution in [0.3, 0.4) is 0 Å². The second-order valence-corrected chi connectivity index (χ2v) is 1.67. The molecule has 0 saturated heterocycles. The average Bonchev–Trinajstić information content (AvgIpc) is 1.64. The molecule has 0 rings (SSSR count). The van der Waals surface area contributed by atoms with E-state index in [-0.39, 0.29) is 0 Å². The molecule has 4 nitrogen and oxygen atoms in total. The minimum Gasteiger partial charge on any atom is -0.391 e. The molecule has 0 unspecified atom stereocenters. The van der Waals surface area contributed by atoms with Gasteiger partial charge in [-0.1, -0.05) is 0 Å². The lowest BCUT2D eigenvalue weighted by Crippen LogP contribution is -2.44. The Labute approximate surface area is 47.5 Å². The average molecular weight is 118 g/mol. The minimum absolute atomic E-state index is 0.681. The summed E-state index contributed by atoms with van der Waals surface area (Å²) in [5.41, 5.74) is 9.75. The zero-order valence-corrected chi connectivity index (χ0v) is 4.66. The van der Waals surface area contributed by atoms with Crippen molar-refractivity contribution in [3.8, 4) is 0 Å². The molecule has 1 amide bonds. The highest BCUT2D eigenvalue weighted by Crippen LogP contribution is 1.84. The van der Waals surface area contributed by atoms with Gasteiger partial charge in [0.05, 0.1) is 6.10 Å². The quantitative estimate of drug-likeness (QED) is 0.399. The van der Waals surface area contributed by atoms with E-state index in [0.29, 0.717) is 0 Å². The van der Waals surface area contributed by atoms with Gasteiger partial charge in [0.2, 0.25) is 5.91 Å². The summed E-state index contributed by atoms with van der Waals surface area (Å²) in [6.07, 6.45) is -0.854. The zero-order chi connectivity index (χ0) is 6.73. The zero-order valence-electron chi connectivity index (χ0n) is 4.66. The topological polar surface area (TPSA) is 89.3 Å². The predicted molar refractivity (Wildman–Crippen MR) is 28.9 cm³/mol. The van der Waals surface area contributed by atoms with Crippen LogP contribution in [-0.2, 0) is 4.79 Å². The molecule has 0 spiro atoms. The van der Waals surface area contributed by atoms with E-state index in [4.69, 9.17) is 16.6 Å². The fourth-order valence-electron chi connectivity index (χ4n) is 0.238. The Bertz CT molecular complexity index is 92.0. The second kappa shape index (κ2) is 2.64. The SMILES string of the molecule is C[C@@H](O)[C@@H](N)C(N)=O. The van der Waals surface area contributed by atoms with Gasteiger partial charge in [-0.3, -0.25) is 4.79 Å². The molecule has 0 aliphatic heterocycles. The molecule has 0 aromatic carbocycles. The summed E-state index contributed by atoms with van der Waals surface area (Å²) in [6.45, 7) is 1.41. The summed E-state index contributed by atoms with van der Waals surface area (Å²) < 4.78 is 0. The maximum Gasteiger partial charge on any atom is 0.237 e. The van der Waals surface area contributed by atoms with Crippen LogP contribution in [0, 0.1) is 0 Å². The van der Waals surface area contributed by atoms with E-state index < -0.39 is 18.1 Å². The normalized spacial score (nSPS) is 17.4. The molecular weight excluding hydrogens is 108 g/mol. The molecule has 0 aliphatic carbocycles. The van der Waals surface area contributed by atoms with Crippen LogP contribution in [0.1, 0.15) is 6.92 Å². The first-order chi connectivity index (χ1) is 3.55. The molecule has 0 aromatic heterocycles. The van der Waals surface area contributed by atoms with Crippen LogP contribution in [0.5, 0.6) is 0 Å². The highest BCUT2D eigenvalue weighted by Gasteiger charge is 2.13. The molecule has 2 atom stereocenters. The Morgan fingerprint density at radius 2 is 2.12 bits per heavy atom. The Morgan fingerprint density at radius 1 is 1.75 bits per heavy atom. The third-order valence-electron chi connectivity index (χ3n) is 0.848. The van der Waals surface area contributed by atoms with Crippen LogP contribution in [-0.4, -0.2) is 23.2 Å². The molecule has 0 fully saturated rings. The van der Waals surface area contributed by atoms with Gasteiger partial charge in [0.1, 0.15) is 6.04 Å². The number of primary amides is 1. The van der Waals surface area contributed by atoms with Gasteiger partial charge >= 0.3 is 0 Å². The van der Waals surface area contributed by atoms with Crippen molar-refractivity contribution in [2.45, 2.75) is 19.1 Å². The lowest BCUT2D eigenvalue weighted by atomic mass is 10.2. The largest absolute Gasteiger partial charge is 0.391 e. The van der Waals surface area contributed by atoms with E-state index in [1.54, 1.807) is 0 Å². The van der Waals surface area contributed by atoms with E-state index in [1.807, 2.05) is 0 Å². The monoisotopic (exact) mass is 118 g/mol. The predicted octanol–water partition coefficient (Wildman–Crippen LogP) is -1.82. The molecule has 0 bridgehead atoms. The molecule has 48 valence electrons. The summed E-state index contributed by atoms with van der Waals surface area (Å²) in [5, 5.41) is 8.57. The van der Waals surface area contributed by atoms with Gasteiger partial charge in [0, 0.05) is 0 Å². The summed E-state index contributed by atoms with van der Waals surface area (Å²) >= 11 is 0. The number of carbonyl (C=O) groups is 1. The molecular formula is C4H10N2O2. The lowest BCUT2D eigenvalue weighted by Gasteiger charge is -2.08. The smallest absolute Gasteiger partial charge is 0.237 e. The first kappa shape index (κ1) is 7.39. The van der Waals surface area contributed by atoms with E-state index in [0.717, 1.165) is 0 Å². The van der Waals surface area contributed by atoms with Gasteiger partial charge in [-0.15, -0.1) is 0 Å². The maximum absolute atomic E-state index is 10.1. The Hall–Kier alpha value is -0.610. The van der Waals surface area contributed by atoms with Crippen molar-refractivity contribution in [3.05, 3.63) is 0 Å². The van der Waals surface area contributed by atoms with Gasteiger partial charge in [0.15, 0.2) is 0 Å². The van der Waals surface area contributed by atoms with Crippen LogP contribution < -0.4 is 11.5 Å². The minimum atomic E-state index is -0.935. The number of carbonyl (C=O) groups excluding carboxylic acids is 1. The van der Waals surface area contributed by atoms with Crippen LogP contribution >= 0.6 is 0 Å². The van der Waals surface area contributed by atoms with Crippen LogP contribution in [0.25, 0.3) is 0 Å². The van der Waals surface area contributed by atoms with E-state index in [1.165, 1.54) is 6.92 Å². The lowest BCUT2D eigenvalue weighted by molar-refractivity contribution is -0.121. The van der Waals surface area contributed by atoms with Gasteiger partial charge < -0.3 is 16.6 Å². The van der Waals surface area contributed by atoms with Crippen LogP contribution in [0.2, 0.25) is 0 Å². The van der Waals surface area contributed by atoms with Crippen molar-refractivity contribution in [2.24, 2.45) is 11.5 Å². The van der Waals surface area contributed by atoms with Gasteiger partial charge in [-0.25, -0.2) is 0 Å². The van der Waals surface area contributed by atoms with Crippen LogP contribution in [0.4, 0.5) is 0 Å². The van der Waals surface area contributed by atoms with Crippen LogP contribution in [0.15, 0.2) is 0 Å². The van der Waals surface area contributed by atoms with Crippen molar-refractivity contribution in [3.63, 3.8) is 0 Å².